The van der Waals surface area contributed by atoms with Crippen molar-refractivity contribution in [3.63, 3.8) is 0 Å². The molecule has 13 heavy (non-hydrogen) atoms. The second kappa shape index (κ2) is 3.22. The first-order valence-electron chi connectivity index (χ1n) is 3.92. The fraction of sp³-hybridized carbons (Fsp3) is 0.222. The lowest BCUT2D eigenvalue weighted by atomic mass is 10.1. The number of thiocarbonyl (C=S) groups is 1. The Morgan fingerprint density at radius 2 is 2.15 bits per heavy atom. The quantitative estimate of drug-likeness (QED) is 0.721. The second-order valence-corrected chi connectivity index (χ2v) is 3.36. The lowest BCUT2D eigenvalue weighted by molar-refractivity contribution is 0.174. The minimum Gasteiger partial charge on any atom is -0.454 e. The van der Waals surface area contributed by atoms with Crippen LogP contribution in [0.1, 0.15) is 5.56 Å². The summed E-state index contributed by atoms with van der Waals surface area (Å²) in [6.45, 7) is 0.297. The van der Waals surface area contributed by atoms with E-state index in [9.17, 15) is 0 Å². The van der Waals surface area contributed by atoms with Gasteiger partial charge in [-0.25, -0.2) is 0 Å². The molecule has 0 radical (unpaired) electrons. The van der Waals surface area contributed by atoms with E-state index < -0.39 is 0 Å². The topological polar surface area (TPSA) is 44.5 Å². The zero-order valence-electron chi connectivity index (χ0n) is 6.95. The molecule has 68 valence electrons. The van der Waals surface area contributed by atoms with E-state index in [1.165, 1.54) is 0 Å². The monoisotopic (exact) mass is 195 g/mol. The highest BCUT2D eigenvalue weighted by Crippen LogP contribution is 2.32. The summed E-state index contributed by atoms with van der Waals surface area (Å²) >= 11 is 4.81. The van der Waals surface area contributed by atoms with Crippen molar-refractivity contribution in [1.29, 1.82) is 0 Å². The molecule has 0 unspecified atom stereocenters. The highest BCUT2D eigenvalue weighted by Gasteiger charge is 2.12. The summed E-state index contributed by atoms with van der Waals surface area (Å²) < 4.78 is 10.4. The molecule has 1 aliphatic heterocycles. The van der Waals surface area contributed by atoms with E-state index in [0.29, 0.717) is 18.2 Å². The van der Waals surface area contributed by atoms with E-state index in [0.717, 1.165) is 17.1 Å². The summed E-state index contributed by atoms with van der Waals surface area (Å²) in [5, 5.41) is 0. The maximum absolute atomic E-state index is 5.43. The molecule has 0 atom stereocenters. The minimum absolute atomic E-state index is 0.297. The fourth-order valence-electron chi connectivity index (χ4n) is 1.25. The average molecular weight is 195 g/mol. The maximum atomic E-state index is 5.43. The Hall–Kier alpha value is -1.29. The van der Waals surface area contributed by atoms with Crippen LogP contribution in [0.3, 0.4) is 0 Å². The Bertz CT molecular complexity index is 351. The van der Waals surface area contributed by atoms with Crippen molar-refractivity contribution < 1.29 is 9.47 Å². The van der Waals surface area contributed by atoms with Crippen LogP contribution in [0.5, 0.6) is 11.5 Å². The SMILES string of the molecule is NC(=S)Cc1ccc2c(c1)OCO2. The zero-order chi connectivity index (χ0) is 9.26. The predicted molar refractivity (Wildman–Crippen MR) is 53.1 cm³/mol. The lowest BCUT2D eigenvalue weighted by Gasteiger charge is -2.00. The largest absolute Gasteiger partial charge is 0.454 e. The van der Waals surface area contributed by atoms with Gasteiger partial charge in [0.1, 0.15) is 0 Å². The molecular formula is C9H9NO2S. The number of hydrogen-bond acceptors (Lipinski definition) is 3. The van der Waals surface area contributed by atoms with Crippen molar-refractivity contribution in [3.05, 3.63) is 23.8 Å². The van der Waals surface area contributed by atoms with Crippen molar-refractivity contribution in [1.82, 2.24) is 0 Å². The molecule has 1 aromatic carbocycles. The summed E-state index contributed by atoms with van der Waals surface area (Å²) in [7, 11) is 0. The van der Waals surface area contributed by atoms with E-state index in [1.807, 2.05) is 18.2 Å². The van der Waals surface area contributed by atoms with Crippen LogP contribution in [0.2, 0.25) is 0 Å². The van der Waals surface area contributed by atoms with Gasteiger partial charge >= 0.3 is 0 Å². The molecule has 0 fully saturated rings. The summed E-state index contributed by atoms with van der Waals surface area (Å²) in [5.74, 6) is 1.56. The van der Waals surface area contributed by atoms with Crippen LogP contribution in [0, 0.1) is 0 Å². The first kappa shape index (κ1) is 8.31. The van der Waals surface area contributed by atoms with Crippen molar-refractivity contribution in [2.24, 2.45) is 5.73 Å². The summed E-state index contributed by atoms with van der Waals surface area (Å²) in [4.78, 5) is 0.485. The van der Waals surface area contributed by atoms with Crippen molar-refractivity contribution in [2.45, 2.75) is 6.42 Å². The third-order valence-corrected chi connectivity index (χ3v) is 1.96. The summed E-state index contributed by atoms with van der Waals surface area (Å²) in [6.07, 6.45) is 0.603. The van der Waals surface area contributed by atoms with Crippen LogP contribution in [-0.4, -0.2) is 11.8 Å². The van der Waals surface area contributed by atoms with Crippen molar-refractivity contribution >= 4 is 17.2 Å². The molecule has 2 rings (SSSR count). The smallest absolute Gasteiger partial charge is 0.231 e. The molecule has 0 spiro atoms. The van der Waals surface area contributed by atoms with Crippen LogP contribution in [0.15, 0.2) is 18.2 Å². The van der Waals surface area contributed by atoms with Crippen molar-refractivity contribution in [3.8, 4) is 11.5 Å². The summed E-state index contributed by atoms with van der Waals surface area (Å²) in [6, 6.07) is 5.71. The molecule has 0 aromatic heterocycles. The fourth-order valence-corrected chi connectivity index (χ4v) is 1.42. The van der Waals surface area contributed by atoms with Gasteiger partial charge in [0, 0.05) is 6.42 Å². The molecule has 0 bridgehead atoms. The maximum Gasteiger partial charge on any atom is 0.231 e. The Balaban J connectivity index is 2.25. The Kier molecular flexibility index (Phi) is 2.06. The van der Waals surface area contributed by atoms with Gasteiger partial charge in [0.25, 0.3) is 0 Å². The number of ether oxygens (including phenoxy) is 2. The third kappa shape index (κ3) is 1.72. The Labute approximate surface area is 81.4 Å². The van der Waals surface area contributed by atoms with E-state index in [2.05, 4.69) is 0 Å². The second-order valence-electron chi connectivity index (χ2n) is 2.83. The van der Waals surface area contributed by atoms with Gasteiger partial charge in [-0.05, 0) is 17.7 Å². The van der Waals surface area contributed by atoms with Gasteiger partial charge in [0.2, 0.25) is 6.79 Å². The van der Waals surface area contributed by atoms with Gasteiger partial charge < -0.3 is 15.2 Å². The molecule has 0 saturated heterocycles. The van der Waals surface area contributed by atoms with Crippen molar-refractivity contribution in [2.75, 3.05) is 6.79 Å². The third-order valence-electron chi connectivity index (χ3n) is 1.82. The van der Waals surface area contributed by atoms with Crippen LogP contribution in [0.25, 0.3) is 0 Å². The standard InChI is InChI=1S/C9H9NO2S/c10-9(13)4-6-1-2-7-8(3-6)12-5-11-7/h1-3H,4-5H2,(H2,10,13). The number of rotatable bonds is 2. The zero-order valence-corrected chi connectivity index (χ0v) is 7.76. The molecule has 3 nitrogen and oxygen atoms in total. The van der Waals surface area contributed by atoms with Crippen LogP contribution >= 0.6 is 12.2 Å². The minimum atomic E-state index is 0.297. The average Bonchev–Trinajstić information content (AvgIpc) is 2.49. The van der Waals surface area contributed by atoms with Gasteiger partial charge in [-0.15, -0.1) is 0 Å². The molecule has 0 aliphatic carbocycles. The van der Waals surface area contributed by atoms with E-state index in [1.54, 1.807) is 0 Å². The van der Waals surface area contributed by atoms with Gasteiger partial charge in [-0.1, -0.05) is 18.3 Å². The summed E-state index contributed by atoms with van der Waals surface area (Å²) in [5.41, 5.74) is 6.48. The normalized spacial score (nSPS) is 12.9. The predicted octanol–water partition coefficient (Wildman–Crippen LogP) is 1.24. The first-order valence-corrected chi connectivity index (χ1v) is 4.33. The Morgan fingerprint density at radius 3 is 2.92 bits per heavy atom. The highest BCUT2D eigenvalue weighted by molar-refractivity contribution is 7.80. The van der Waals surface area contributed by atoms with Crippen LogP contribution in [0.4, 0.5) is 0 Å². The van der Waals surface area contributed by atoms with E-state index in [-0.39, 0.29) is 0 Å². The van der Waals surface area contributed by atoms with Crippen LogP contribution < -0.4 is 15.2 Å². The van der Waals surface area contributed by atoms with Gasteiger partial charge in [0.15, 0.2) is 11.5 Å². The highest BCUT2D eigenvalue weighted by atomic mass is 32.1. The van der Waals surface area contributed by atoms with Gasteiger partial charge in [0.05, 0.1) is 4.99 Å². The number of benzene rings is 1. The van der Waals surface area contributed by atoms with Gasteiger partial charge in [-0.3, -0.25) is 0 Å². The lowest BCUT2D eigenvalue weighted by Crippen LogP contribution is -2.10. The number of nitrogens with two attached hydrogens (primary N) is 1. The molecule has 0 saturated carbocycles. The first-order chi connectivity index (χ1) is 6.25. The number of hydrogen-bond donors (Lipinski definition) is 1. The van der Waals surface area contributed by atoms with Gasteiger partial charge in [-0.2, -0.15) is 0 Å². The molecule has 1 aromatic rings. The number of fused-ring (bicyclic) bond motifs is 1. The molecule has 4 heteroatoms. The van der Waals surface area contributed by atoms with Crippen LogP contribution in [-0.2, 0) is 6.42 Å². The molecule has 1 aliphatic rings. The van der Waals surface area contributed by atoms with E-state index in [4.69, 9.17) is 27.4 Å². The Morgan fingerprint density at radius 1 is 1.38 bits per heavy atom. The molecular weight excluding hydrogens is 186 g/mol. The molecule has 2 N–H and O–H groups in total. The molecule has 0 amide bonds. The van der Waals surface area contributed by atoms with E-state index >= 15 is 0 Å². The molecule has 1 heterocycles.